The smallest absolute Gasteiger partial charge is 0.664 e. The van der Waals surface area contributed by atoms with Crippen molar-refractivity contribution in [2.45, 2.75) is 0 Å². The third kappa shape index (κ3) is 3.98. The van der Waals surface area contributed by atoms with Crippen LogP contribution in [0.2, 0.25) is 0 Å². The van der Waals surface area contributed by atoms with E-state index in [1.165, 1.54) is 0 Å². The van der Waals surface area contributed by atoms with Crippen LogP contribution in [0, 0.1) is 0 Å². The molecular weight excluding hydrogens is 189 g/mol. The first-order valence-electron chi connectivity index (χ1n) is 4.93. The first-order chi connectivity index (χ1) is 7.45. The minimum Gasteiger partial charge on any atom is -0.664 e. The van der Waals surface area contributed by atoms with Crippen LogP contribution < -0.4 is 18.9 Å². The molecule has 0 radical (unpaired) electrons. The molecule has 0 heterocycles. The van der Waals surface area contributed by atoms with E-state index in [2.05, 4.69) is 17.4 Å². The van der Waals surface area contributed by atoms with Gasteiger partial charge in [-0.1, -0.05) is 66.7 Å². The summed E-state index contributed by atoms with van der Waals surface area (Å²) in [6.07, 6.45) is 3.82. The van der Waals surface area contributed by atoms with E-state index >= 15 is 0 Å². The Labute approximate surface area is 108 Å². The van der Waals surface area contributed by atoms with Crippen molar-refractivity contribution in [2.75, 3.05) is 0 Å². The van der Waals surface area contributed by atoms with Crippen molar-refractivity contribution in [3.05, 3.63) is 77.7 Å². The second-order valence-electron chi connectivity index (χ2n) is 3.19. The molecule has 2 heteroatoms. The van der Waals surface area contributed by atoms with Crippen molar-refractivity contribution in [3.8, 4) is 0 Å². The number of hydrogen-bond donors (Lipinski definition) is 0. The molecule has 0 aliphatic carbocycles. The number of rotatable bonds is 3. The summed E-state index contributed by atoms with van der Waals surface area (Å²) in [5.74, 6) is 0. The largest absolute Gasteiger partial charge is 1.00 e. The molecule has 0 saturated heterocycles. The van der Waals surface area contributed by atoms with Crippen molar-refractivity contribution in [1.82, 2.24) is 0 Å². The van der Waals surface area contributed by atoms with Gasteiger partial charge in [-0.3, -0.25) is 0 Å². The molecular formula is C14H12LiN. The average Bonchev–Trinajstić information content (AvgIpc) is 2.32. The minimum atomic E-state index is 0. The van der Waals surface area contributed by atoms with E-state index < -0.39 is 0 Å². The van der Waals surface area contributed by atoms with Gasteiger partial charge >= 0.3 is 18.9 Å². The van der Waals surface area contributed by atoms with Crippen molar-refractivity contribution in [1.29, 1.82) is 0 Å². The van der Waals surface area contributed by atoms with Crippen LogP contribution in [0.25, 0.3) is 11.4 Å². The zero-order valence-electron chi connectivity index (χ0n) is 9.38. The number of benzene rings is 2. The van der Waals surface area contributed by atoms with Gasteiger partial charge in [0, 0.05) is 0 Å². The topological polar surface area (TPSA) is 14.1 Å². The van der Waals surface area contributed by atoms with Gasteiger partial charge in [0.25, 0.3) is 0 Å². The van der Waals surface area contributed by atoms with Gasteiger partial charge in [-0.05, 0) is 5.56 Å². The molecule has 0 spiro atoms. The molecule has 0 aliphatic heterocycles. The third-order valence-corrected chi connectivity index (χ3v) is 2.05. The van der Waals surface area contributed by atoms with Crippen LogP contribution in [0.3, 0.4) is 0 Å². The van der Waals surface area contributed by atoms with Crippen LogP contribution in [-0.4, -0.2) is 0 Å². The normalized spacial score (nSPS) is 9.75. The average molecular weight is 201 g/mol. The summed E-state index contributed by atoms with van der Waals surface area (Å²) in [5.41, 5.74) is 2.14. The van der Waals surface area contributed by atoms with Crippen LogP contribution in [0.4, 0.5) is 5.69 Å². The SMILES string of the molecule is C(=Cc1ccccc1)[N-]c1ccccc1.[Li+]. The Balaban J connectivity index is 0.00000128. The Morgan fingerprint density at radius 1 is 0.750 bits per heavy atom. The van der Waals surface area contributed by atoms with Gasteiger partial charge in [0.2, 0.25) is 0 Å². The molecule has 0 unspecified atom stereocenters. The predicted molar refractivity (Wildman–Crippen MR) is 64.9 cm³/mol. The summed E-state index contributed by atoms with van der Waals surface area (Å²) in [5, 5.41) is 4.32. The molecule has 74 valence electrons. The Bertz CT molecular complexity index is 423. The monoisotopic (exact) mass is 201 g/mol. The molecule has 2 rings (SSSR count). The summed E-state index contributed by atoms with van der Waals surface area (Å²) in [6, 6.07) is 20.1. The second-order valence-corrected chi connectivity index (χ2v) is 3.19. The van der Waals surface area contributed by atoms with Crippen molar-refractivity contribution < 1.29 is 18.9 Å². The first-order valence-corrected chi connectivity index (χ1v) is 4.93. The maximum absolute atomic E-state index is 4.32. The zero-order valence-corrected chi connectivity index (χ0v) is 9.38. The second kappa shape index (κ2) is 6.95. The summed E-state index contributed by atoms with van der Waals surface area (Å²) >= 11 is 0. The molecule has 0 saturated carbocycles. The fourth-order valence-electron chi connectivity index (χ4n) is 1.29. The van der Waals surface area contributed by atoms with E-state index in [4.69, 9.17) is 0 Å². The van der Waals surface area contributed by atoms with Crippen LogP contribution in [0.1, 0.15) is 5.56 Å². The number of nitrogens with zero attached hydrogens (tertiary/aromatic N) is 1. The summed E-state index contributed by atoms with van der Waals surface area (Å²) in [7, 11) is 0. The van der Waals surface area contributed by atoms with Crippen molar-refractivity contribution >= 4 is 11.8 Å². The molecule has 0 amide bonds. The predicted octanol–water partition coefficient (Wildman–Crippen LogP) is 1.37. The van der Waals surface area contributed by atoms with Crippen LogP contribution in [-0.2, 0) is 0 Å². The van der Waals surface area contributed by atoms with E-state index in [-0.39, 0.29) is 18.9 Å². The fourth-order valence-corrected chi connectivity index (χ4v) is 1.29. The van der Waals surface area contributed by atoms with Crippen molar-refractivity contribution in [3.63, 3.8) is 0 Å². The Morgan fingerprint density at radius 2 is 1.31 bits per heavy atom. The minimum absolute atomic E-state index is 0. The fraction of sp³-hybridized carbons (Fsp3) is 0. The van der Waals surface area contributed by atoms with Crippen molar-refractivity contribution in [2.24, 2.45) is 0 Å². The standard InChI is InChI=1S/C14H12N.Li/c1-3-7-13(8-4-1)11-12-15-14-9-5-2-6-10-14;/h1-12H;/q-1;+1. The van der Waals surface area contributed by atoms with E-state index in [9.17, 15) is 0 Å². The van der Waals surface area contributed by atoms with Gasteiger partial charge < -0.3 is 5.32 Å². The van der Waals surface area contributed by atoms with Crippen LogP contribution in [0.15, 0.2) is 66.9 Å². The first kappa shape index (κ1) is 12.6. The molecule has 2 aromatic carbocycles. The van der Waals surface area contributed by atoms with E-state index in [0.29, 0.717) is 0 Å². The molecule has 0 N–H and O–H groups in total. The van der Waals surface area contributed by atoms with Gasteiger partial charge in [0.15, 0.2) is 0 Å². The molecule has 0 aromatic heterocycles. The summed E-state index contributed by atoms with van der Waals surface area (Å²) in [6.45, 7) is 0. The quantitative estimate of drug-likeness (QED) is 0.666. The number of hydrogen-bond acceptors (Lipinski definition) is 0. The molecule has 0 aliphatic rings. The Hall–Kier alpha value is -1.42. The van der Waals surface area contributed by atoms with Crippen LogP contribution in [0.5, 0.6) is 0 Å². The maximum atomic E-state index is 4.32. The van der Waals surface area contributed by atoms with E-state index in [1.807, 2.05) is 60.8 Å². The Morgan fingerprint density at radius 3 is 1.94 bits per heavy atom. The summed E-state index contributed by atoms with van der Waals surface area (Å²) in [4.78, 5) is 0. The van der Waals surface area contributed by atoms with Gasteiger partial charge in [-0.15, -0.1) is 5.69 Å². The molecule has 16 heavy (non-hydrogen) atoms. The summed E-state index contributed by atoms with van der Waals surface area (Å²) < 4.78 is 0. The van der Waals surface area contributed by atoms with E-state index in [0.717, 1.165) is 11.3 Å². The zero-order chi connectivity index (χ0) is 10.3. The van der Waals surface area contributed by atoms with Gasteiger partial charge in [-0.25, -0.2) is 0 Å². The molecule has 1 nitrogen and oxygen atoms in total. The maximum Gasteiger partial charge on any atom is 1.00 e. The molecule has 0 atom stereocenters. The molecule has 2 aromatic rings. The van der Waals surface area contributed by atoms with Crippen LogP contribution >= 0.6 is 0 Å². The van der Waals surface area contributed by atoms with E-state index in [1.54, 1.807) is 0 Å². The molecule has 0 bridgehead atoms. The van der Waals surface area contributed by atoms with Gasteiger partial charge in [0.1, 0.15) is 0 Å². The van der Waals surface area contributed by atoms with Gasteiger partial charge in [-0.2, -0.15) is 6.20 Å². The number of para-hydroxylation sites is 1. The third-order valence-electron chi connectivity index (χ3n) is 2.05. The molecule has 0 fully saturated rings. The Kier molecular flexibility index (Phi) is 5.49. The van der Waals surface area contributed by atoms with Gasteiger partial charge in [0.05, 0.1) is 0 Å².